The normalized spacial score (nSPS) is 41.0. The van der Waals surface area contributed by atoms with Crippen molar-refractivity contribution in [2.24, 2.45) is 16.7 Å². The van der Waals surface area contributed by atoms with Crippen molar-refractivity contribution in [1.82, 2.24) is 4.31 Å². The molecule has 19 heavy (non-hydrogen) atoms. The van der Waals surface area contributed by atoms with Gasteiger partial charge in [0.15, 0.2) is 0 Å². The first kappa shape index (κ1) is 12.9. The Labute approximate surface area is 113 Å². The molecule has 1 saturated heterocycles. The zero-order chi connectivity index (χ0) is 14.1. The van der Waals surface area contributed by atoms with Crippen LogP contribution in [0.1, 0.15) is 39.5 Å². The molecule has 2 bridgehead atoms. The molecule has 0 aromatic rings. The van der Waals surface area contributed by atoms with Crippen LogP contribution in [0.2, 0.25) is 0 Å². The van der Waals surface area contributed by atoms with Crippen molar-refractivity contribution in [3.63, 3.8) is 0 Å². The quantitative estimate of drug-likeness (QED) is 0.725. The van der Waals surface area contributed by atoms with E-state index in [1.165, 1.54) is 0 Å². The van der Waals surface area contributed by atoms with Crippen molar-refractivity contribution in [3.8, 4) is 6.07 Å². The number of rotatable bonds is 1. The summed E-state index contributed by atoms with van der Waals surface area (Å²) in [4.78, 5) is 12.0. The Morgan fingerprint density at radius 1 is 1.47 bits per heavy atom. The molecule has 6 heteroatoms. The summed E-state index contributed by atoms with van der Waals surface area (Å²) < 4.78 is 25.8. The molecule has 3 rings (SSSR count). The monoisotopic (exact) mass is 282 g/mol. The highest BCUT2D eigenvalue weighted by atomic mass is 32.2. The predicted octanol–water partition coefficient (Wildman–Crippen LogP) is 1.27. The average molecular weight is 282 g/mol. The van der Waals surface area contributed by atoms with E-state index in [4.69, 9.17) is 5.26 Å². The predicted molar refractivity (Wildman–Crippen MR) is 68.2 cm³/mol. The molecule has 2 aliphatic carbocycles. The summed E-state index contributed by atoms with van der Waals surface area (Å²) >= 11 is 0. The molecule has 1 spiro atoms. The van der Waals surface area contributed by atoms with Crippen LogP contribution in [0, 0.1) is 28.1 Å². The Bertz CT molecular complexity index is 589. The molecule has 0 radical (unpaired) electrons. The van der Waals surface area contributed by atoms with Crippen LogP contribution in [0.5, 0.6) is 0 Å². The summed E-state index contributed by atoms with van der Waals surface area (Å²) in [5.74, 6) is 0.0174. The van der Waals surface area contributed by atoms with Crippen molar-refractivity contribution < 1.29 is 13.2 Å². The third-order valence-electron chi connectivity index (χ3n) is 5.89. The molecule has 1 heterocycles. The Morgan fingerprint density at radius 3 is 2.74 bits per heavy atom. The zero-order valence-electron chi connectivity index (χ0n) is 11.2. The average Bonchev–Trinajstić information content (AvgIpc) is 2.75. The molecule has 0 aromatic carbocycles. The molecule has 0 unspecified atom stereocenters. The highest BCUT2D eigenvalue weighted by Gasteiger charge is 2.72. The van der Waals surface area contributed by atoms with Crippen LogP contribution in [0.15, 0.2) is 0 Å². The molecule has 1 amide bonds. The number of nitrogens with zero attached hydrogens (tertiary/aromatic N) is 2. The second-order valence-corrected chi connectivity index (χ2v) is 8.49. The van der Waals surface area contributed by atoms with Crippen LogP contribution in [0.3, 0.4) is 0 Å². The maximum absolute atomic E-state index is 12.4. The van der Waals surface area contributed by atoms with Gasteiger partial charge in [-0.1, -0.05) is 13.8 Å². The van der Waals surface area contributed by atoms with Crippen LogP contribution in [-0.4, -0.2) is 30.4 Å². The van der Waals surface area contributed by atoms with Gasteiger partial charge in [0.05, 0.1) is 17.9 Å². The molecule has 1 aliphatic heterocycles. The Kier molecular flexibility index (Phi) is 2.39. The minimum absolute atomic E-state index is 0.0353. The number of sulfonamides is 1. The van der Waals surface area contributed by atoms with Gasteiger partial charge in [0.2, 0.25) is 10.0 Å². The molecular weight excluding hydrogens is 264 g/mol. The molecule has 0 N–H and O–H groups in total. The van der Waals surface area contributed by atoms with Gasteiger partial charge in [-0.3, -0.25) is 4.79 Å². The van der Waals surface area contributed by atoms with E-state index in [1.807, 2.05) is 0 Å². The van der Waals surface area contributed by atoms with Crippen molar-refractivity contribution in [1.29, 1.82) is 5.26 Å². The number of carbonyl (C=O) groups is 1. The lowest BCUT2D eigenvalue weighted by molar-refractivity contribution is -0.127. The van der Waals surface area contributed by atoms with Crippen molar-refractivity contribution >= 4 is 15.9 Å². The van der Waals surface area contributed by atoms with Gasteiger partial charge >= 0.3 is 0 Å². The minimum atomic E-state index is -3.55. The molecule has 104 valence electrons. The maximum Gasteiger partial charge on any atom is 0.250 e. The summed E-state index contributed by atoms with van der Waals surface area (Å²) in [6.07, 6.45) is 2.35. The van der Waals surface area contributed by atoms with E-state index in [0.29, 0.717) is 5.92 Å². The van der Waals surface area contributed by atoms with E-state index in [0.717, 1.165) is 23.6 Å². The van der Waals surface area contributed by atoms with Crippen LogP contribution < -0.4 is 0 Å². The van der Waals surface area contributed by atoms with Crippen LogP contribution in [0.4, 0.5) is 0 Å². The summed E-state index contributed by atoms with van der Waals surface area (Å²) in [5, 5.41) is 8.65. The van der Waals surface area contributed by atoms with Gasteiger partial charge in [-0.05, 0) is 30.6 Å². The molecule has 2 saturated carbocycles. The van der Waals surface area contributed by atoms with Crippen molar-refractivity contribution in [2.45, 2.75) is 45.6 Å². The first-order valence-electron chi connectivity index (χ1n) is 6.68. The van der Waals surface area contributed by atoms with Crippen molar-refractivity contribution in [2.75, 3.05) is 5.75 Å². The van der Waals surface area contributed by atoms with E-state index >= 15 is 0 Å². The van der Waals surface area contributed by atoms with E-state index in [2.05, 4.69) is 13.8 Å². The van der Waals surface area contributed by atoms with E-state index in [-0.39, 0.29) is 29.0 Å². The second-order valence-electron chi connectivity index (χ2n) is 6.65. The third kappa shape index (κ3) is 1.34. The maximum atomic E-state index is 12.4. The molecule has 3 atom stereocenters. The Balaban J connectivity index is 2.07. The topological polar surface area (TPSA) is 78.2 Å². The van der Waals surface area contributed by atoms with E-state index in [9.17, 15) is 13.2 Å². The van der Waals surface area contributed by atoms with E-state index in [1.54, 1.807) is 6.07 Å². The zero-order valence-corrected chi connectivity index (χ0v) is 12.0. The summed E-state index contributed by atoms with van der Waals surface area (Å²) in [5.41, 5.74) is -0.325. The summed E-state index contributed by atoms with van der Waals surface area (Å²) in [7, 11) is -3.55. The number of hydrogen-bond donors (Lipinski definition) is 0. The standard InChI is InChI=1S/C13H18N2O3S/c1-12(2)9-3-5-13(12)8-19(17,18)15(10(13)7-9)11(16)4-6-14/h9-10H,3-5,7-8H2,1-2H3/t9-,10-,13-/m1/s1. The molecule has 3 aliphatic rings. The summed E-state index contributed by atoms with van der Waals surface area (Å²) in [6.45, 7) is 4.27. The first-order chi connectivity index (χ1) is 8.76. The first-order valence-corrected chi connectivity index (χ1v) is 8.29. The summed E-state index contributed by atoms with van der Waals surface area (Å²) in [6, 6.07) is 1.55. The molecule has 3 fully saturated rings. The number of carbonyl (C=O) groups excluding carboxylic acids is 1. The fraction of sp³-hybridized carbons (Fsp3) is 0.846. The van der Waals surface area contributed by atoms with Crippen LogP contribution >= 0.6 is 0 Å². The number of fused-ring (bicyclic) bond motifs is 1. The van der Waals surface area contributed by atoms with Gasteiger partial charge in [0.25, 0.3) is 5.91 Å². The molecular formula is C13H18N2O3S. The Hall–Kier alpha value is -1.09. The number of amides is 1. The minimum Gasteiger partial charge on any atom is -0.273 e. The van der Waals surface area contributed by atoms with Gasteiger partial charge in [0, 0.05) is 5.41 Å². The lowest BCUT2D eigenvalue weighted by Crippen LogP contribution is -2.44. The number of hydrogen-bond acceptors (Lipinski definition) is 4. The van der Waals surface area contributed by atoms with Crippen molar-refractivity contribution in [3.05, 3.63) is 0 Å². The van der Waals surface area contributed by atoms with Crippen LogP contribution in [0.25, 0.3) is 0 Å². The molecule has 5 nitrogen and oxygen atoms in total. The largest absolute Gasteiger partial charge is 0.273 e. The van der Waals surface area contributed by atoms with Gasteiger partial charge in [-0.25, -0.2) is 12.7 Å². The van der Waals surface area contributed by atoms with E-state index < -0.39 is 15.9 Å². The third-order valence-corrected chi connectivity index (χ3v) is 7.82. The van der Waals surface area contributed by atoms with Gasteiger partial charge < -0.3 is 0 Å². The van der Waals surface area contributed by atoms with Crippen LogP contribution in [-0.2, 0) is 14.8 Å². The number of nitriles is 1. The highest BCUT2D eigenvalue weighted by Crippen LogP contribution is 2.69. The van der Waals surface area contributed by atoms with Gasteiger partial charge in [0.1, 0.15) is 6.42 Å². The SMILES string of the molecule is CC1(C)[C@@H]2CC[C@]13CS(=O)(=O)N(C(=O)CC#N)[C@@H]3C2. The fourth-order valence-corrected chi connectivity index (χ4v) is 7.31. The lowest BCUT2D eigenvalue weighted by atomic mass is 9.69. The van der Waals surface area contributed by atoms with Gasteiger partial charge in [-0.2, -0.15) is 5.26 Å². The second kappa shape index (κ2) is 3.51. The van der Waals surface area contributed by atoms with Gasteiger partial charge in [-0.15, -0.1) is 0 Å². The molecule has 0 aromatic heterocycles. The Morgan fingerprint density at radius 2 is 2.16 bits per heavy atom. The lowest BCUT2D eigenvalue weighted by Gasteiger charge is -2.36. The fourth-order valence-electron chi connectivity index (χ4n) is 4.76. The highest BCUT2D eigenvalue weighted by molar-refractivity contribution is 7.90. The smallest absolute Gasteiger partial charge is 0.250 e.